The van der Waals surface area contributed by atoms with Gasteiger partial charge in [0.2, 0.25) is 0 Å². The first-order valence-corrected chi connectivity index (χ1v) is 4.93. The molecule has 16 heavy (non-hydrogen) atoms. The van der Waals surface area contributed by atoms with Gasteiger partial charge in [-0.25, -0.2) is 4.39 Å². The maximum absolute atomic E-state index is 12.7. The predicted molar refractivity (Wildman–Crippen MR) is 63.2 cm³/mol. The van der Waals surface area contributed by atoms with Crippen LogP contribution in [0, 0.1) is 5.82 Å². The average molecular weight is 218 g/mol. The minimum absolute atomic E-state index is 0. The monoisotopic (exact) mass is 218 g/mol. The van der Waals surface area contributed by atoms with E-state index in [2.05, 4.69) is 11.9 Å². The van der Waals surface area contributed by atoms with Crippen LogP contribution in [-0.2, 0) is 0 Å². The van der Waals surface area contributed by atoms with Gasteiger partial charge in [0.1, 0.15) is 5.82 Å². The average Bonchev–Trinajstić information content (AvgIpc) is 2.30. The zero-order valence-electron chi connectivity index (χ0n) is 9.23. The fourth-order valence-corrected chi connectivity index (χ4v) is 1.60. The van der Waals surface area contributed by atoms with Crippen molar-refractivity contribution in [3.8, 4) is 0 Å². The predicted octanol–water partition coefficient (Wildman–Crippen LogP) is 3.53. The molecule has 1 atom stereocenters. The second-order valence-corrected chi connectivity index (χ2v) is 3.55. The molecule has 0 aliphatic rings. The highest BCUT2D eigenvalue weighted by Crippen LogP contribution is 2.23. The van der Waals surface area contributed by atoms with Crippen LogP contribution in [0.3, 0.4) is 0 Å². The van der Waals surface area contributed by atoms with Gasteiger partial charge < -0.3 is 6.15 Å². The van der Waals surface area contributed by atoms with Crippen LogP contribution in [0.1, 0.15) is 24.0 Å². The highest BCUT2D eigenvalue weighted by atomic mass is 19.1. The number of aromatic nitrogens is 1. The number of benzene rings is 1. The number of hydrogen-bond acceptors (Lipinski definition) is 2. The summed E-state index contributed by atoms with van der Waals surface area (Å²) in [5.74, 6) is 0.0780. The summed E-state index contributed by atoms with van der Waals surface area (Å²) >= 11 is 0. The molecule has 0 bridgehead atoms. The van der Waals surface area contributed by atoms with E-state index in [0.29, 0.717) is 0 Å². The quantitative estimate of drug-likeness (QED) is 0.838. The zero-order valence-corrected chi connectivity index (χ0v) is 9.23. The third-order valence-corrected chi connectivity index (χ3v) is 2.58. The molecular formula is C13H15FN2. The van der Waals surface area contributed by atoms with Gasteiger partial charge in [-0.3, -0.25) is 4.98 Å². The minimum Gasteiger partial charge on any atom is -0.344 e. The first-order chi connectivity index (χ1) is 7.27. The molecule has 0 fully saturated rings. The molecule has 0 saturated heterocycles. The van der Waals surface area contributed by atoms with E-state index >= 15 is 0 Å². The van der Waals surface area contributed by atoms with Crippen molar-refractivity contribution in [2.75, 3.05) is 0 Å². The number of pyridine rings is 1. The zero-order chi connectivity index (χ0) is 10.7. The van der Waals surface area contributed by atoms with E-state index in [1.807, 2.05) is 24.3 Å². The van der Waals surface area contributed by atoms with E-state index in [9.17, 15) is 4.39 Å². The van der Waals surface area contributed by atoms with Gasteiger partial charge in [-0.15, -0.1) is 0 Å². The van der Waals surface area contributed by atoms with Crippen molar-refractivity contribution in [2.24, 2.45) is 0 Å². The third kappa shape index (κ3) is 2.64. The topological polar surface area (TPSA) is 47.9 Å². The molecule has 84 valence electrons. The van der Waals surface area contributed by atoms with Crippen LogP contribution in [-0.4, -0.2) is 4.98 Å². The fourth-order valence-electron chi connectivity index (χ4n) is 1.60. The minimum atomic E-state index is -0.194. The Hall–Kier alpha value is -1.74. The molecule has 0 radical (unpaired) electrons. The van der Waals surface area contributed by atoms with E-state index < -0.39 is 0 Å². The standard InChI is InChI=1S/C13H12FN.H3N/c1-10(12-6-8-15-9-7-12)11-2-4-13(14)5-3-11;/h2-10H,1H3;1H3. The van der Waals surface area contributed by atoms with Crippen molar-refractivity contribution in [2.45, 2.75) is 12.8 Å². The molecule has 1 aromatic heterocycles. The van der Waals surface area contributed by atoms with Gasteiger partial charge >= 0.3 is 0 Å². The van der Waals surface area contributed by atoms with Crippen LogP contribution in [0.15, 0.2) is 48.8 Å². The van der Waals surface area contributed by atoms with Gasteiger partial charge in [-0.05, 0) is 35.4 Å². The van der Waals surface area contributed by atoms with Crippen molar-refractivity contribution >= 4 is 0 Å². The molecule has 3 heteroatoms. The van der Waals surface area contributed by atoms with Gasteiger partial charge in [-0.2, -0.15) is 0 Å². The van der Waals surface area contributed by atoms with Crippen LogP contribution in [0.4, 0.5) is 4.39 Å². The van der Waals surface area contributed by atoms with E-state index in [4.69, 9.17) is 0 Å². The lowest BCUT2D eigenvalue weighted by atomic mass is 9.94. The van der Waals surface area contributed by atoms with Crippen molar-refractivity contribution in [1.29, 1.82) is 0 Å². The van der Waals surface area contributed by atoms with E-state index in [0.717, 1.165) is 5.56 Å². The van der Waals surface area contributed by atoms with E-state index in [1.165, 1.54) is 17.7 Å². The van der Waals surface area contributed by atoms with Gasteiger partial charge in [0.05, 0.1) is 0 Å². The highest BCUT2D eigenvalue weighted by Gasteiger charge is 2.07. The number of rotatable bonds is 2. The summed E-state index contributed by atoms with van der Waals surface area (Å²) in [6, 6.07) is 10.6. The smallest absolute Gasteiger partial charge is 0.123 e. The summed E-state index contributed by atoms with van der Waals surface area (Å²) in [7, 11) is 0. The van der Waals surface area contributed by atoms with Crippen molar-refractivity contribution in [3.05, 3.63) is 65.7 Å². The SMILES string of the molecule is CC(c1ccncc1)c1ccc(F)cc1.N. The summed E-state index contributed by atoms with van der Waals surface area (Å²) in [4.78, 5) is 3.98. The summed E-state index contributed by atoms with van der Waals surface area (Å²) in [6.07, 6.45) is 3.55. The maximum Gasteiger partial charge on any atom is 0.123 e. The molecule has 2 aromatic rings. The number of nitrogens with zero attached hydrogens (tertiary/aromatic N) is 1. The number of hydrogen-bond donors (Lipinski definition) is 1. The molecule has 2 nitrogen and oxygen atoms in total. The molecule has 0 amide bonds. The Labute approximate surface area is 94.7 Å². The maximum atomic E-state index is 12.7. The van der Waals surface area contributed by atoms with Gasteiger partial charge in [0.25, 0.3) is 0 Å². The molecule has 1 heterocycles. The molecule has 0 aliphatic heterocycles. The Morgan fingerprint density at radius 1 is 0.938 bits per heavy atom. The molecule has 1 unspecified atom stereocenters. The molecule has 0 aliphatic carbocycles. The van der Waals surface area contributed by atoms with Crippen LogP contribution in [0.25, 0.3) is 0 Å². The molecule has 0 saturated carbocycles. The second kappa shape index (κ2) is 5.37. The molecule has 2 rings (SSSR count). The van der Waals surface area contributed by atoms with Gasteiger partial charge in [0.15, 0.2) is 0 Å². The second-order valence-electron chi connectivity index (χ2n) is 3.55. The lowest BCUT2D eigenvalue weighted by Crippen LogP contribution is -1.95. The van der Waals surface area contributed by atoms with Gasteiger partial charge in [-0.1, -0.05) is 19.1 Å². The van der Waals surface area contributed by atoms with E-state index in [-0.39, 0.29) is 17.9 Å². The molecular weight excluding hydrogens is 203 g/mol. The Morgan fingerprint density at radius 2 is 1.44 bits per heavy atom. The Balaban J connectivity index is 0.00000128. The lowest BCUT2D eigenvalue weighted by molar-refractivity contribution is 0.626. The Kier molecular flexibility index (Phi) is 4.14. The summed E-state index contributed by atoms with van der Waals surface area (Å²) in [6.45, 7) is 2.10. The largest absolute Gasteiger partial charge is 0.344 e. The Morgan fingerprint density at radius 3 is 2.00 bits per heavy atom. The molecule has 0 spiro atoms. The summed E-state index contributed by atoms with van der Waals surface area (Å²) in [5, 5.41) is 0. The Bertz CT molecular complexity index is 425. The van der Waals surface area contributed by atoms with Crippen LogP contribution < -0.4 is 6.15 Å². The van der Waals surface area contributed by atoms with Crippen molar-refractivity contribution < 1.29 is 4.39 Å². The molecule has 1 aromatic carbocycles. The summed E-state index contributed by atoms with van der Waals surface area (Å²) in [5.41, 5.74) is 2.30. The van der Waals surface area contributed by atoms with Crippen LogP contribution in [0.2, 0.25) is 0 Å². The normalized spacial score (nSPS) is 11.6. The molecule has 3 N–H and O–H groups in total. The fraction of sp³-hybridized carbons (Fsp3) is 0.154. The lowest BCUT2D eigenvalue weighted by Gasteiger charge is -2.11. The first kappa shape index (κ1) is 12.3. The number of halogens is 1. The van der Waals surface area contributed by atoms with E-state index in [1.54, 1.807) is 12.4 Å². The highest BCUT2D eigenvalue weighted by molar-refractivity contribution is 5.30. The third-order valence-electron chi connectivity index (χ3n) is 2.58. The summed E-state index contributed by atoms with van der Waals surface area (Å²) < 4.78 is 12.7. The van der Waals surface area contributed by atoms with Crippen molar-refractivity contribution in [3.63, 3.8) is 0 Å². The van der Waals surface area contributed by atoms with Crippen molar-refractivity contribution in [1.82, 2.24) is 11.1 Å². The van der Waals surface area contributed by atoms with Gasteiger partial charge in [0, 0.05) is 18.3 Å². The van der Waals surface area contributed by atoms with Crippen LogP contribution in [0.5, 0.6) is 0 Å². The first-order valence-electron chi connectivity index (χ1n) is 4.93. The van der Waals surface area contributed by atoms with Crippen LogP contribution >= 0.6 is 0 Å².